The molecule has 1 atom stereocenters. The third kappa shape index (κ3) is 4.40. The van der Waals surface area contributed by atoms with Gasteiger partial charge in [0.2, 0.25) is 0 Å². The number of nitrogens with zero attached hydrogens (tertiary/aromatic N) is 1. The van der Waals surface area contributed by atoms with Crippen LogP contribution in [0.15, 0.2) is 18.3 Å². The van der Waals surface area contributed by atoms with Crippen molar-refractivity contribution in [2.75, 3.05) is 26.9 Å². The first-order valence-electron chi connectivity index (χ1n) is 5.23. The molecule has 1 rings (SSSR count). The van der Waals surface area contributed by atoms with Crippen LogP contribution in [0.1, 0.15) is 24.1 Å². The fraction of sp³-hybridized carbons (Fsp3) is 0.583. The summed E-state index contributed by atoms with van der Waals surface area (Å²) in [6.45, 7) is 6.14. The standard InChI is InChI=1S/C12H19NO2/c1-10-4-5-12(13-8-10)11(2)9-15-7-6-14-3/h4-5,8,11H,6-7,9H2,1-3H3. The average Bonchev–Trinajstić information content (AvgIpc) is 2.25. The molecule has 1 aromatic rings. The molecule has 0 aliphatic rings. The summed E-state index contributed by atoms with van der Waals surface area (Å²) in [5, 5.41) is 0. The maximum absolute atomic E-state index is 5.46. The smallest absolute Gasteiger partial charge is 0.0700 e. The summed E-state index contributed by atoms with van der Waals surface area (Å²) in [6, 6.07) is 4.13. The number of methoxy groups -OCH3 is 1. The maximum atomic E-state index is 5.46. The molecule has 0 N–H and O–H groups in total. The molecule has 3 nitrogen and oxygen atoms in total. The highest BCUT2D eigenvalue weighted by molar-refractivity contribution is 5.14. The quantitative estimate of drug-likeness (QED) is 0.673. The second-order valence-electron chi connectivity index (χ2n) is 3.73. The van der Waals surface area contributed by atoms with Crippen molar-refractivity contribution in [2.45, 2.75) is 19.8 Å². The summed E-state index contributed by atoms with van der Waals surface area (Å²) in [7, 11) is 1.67. The fourth-order valence-electron chi connectivity index (χ4n) is 1.26. The molecule has 3 heteroatoms. The van der Waals surface area contributed by atoms with E-state index in [1.165, 1.54) is 5.56 Å². The van der Waals surface area contributed by atoms with Crippen LogP contribution in [0.25, 0.3) is 0 Å². The molecule has 0 aromatic carbocycles. The number of hydrogen-bond acceptors (Lipinski definition) is 3. The molecule has 1 unspecified atom stereocenters. The first-order chi connectivity index (χ1) is 7.24. The van der Waals surface area contributed by atoms with Gasteiger partial charge in [0.25, 0.3) is 0 Å². The Morgan fingerprint density at radius 1 is 1.33 bits per heavy atom. The molecular weight excluding hydrogens is 190 g/mol. The highest BCUT2D eigenvalue weighted by atomic mass is 16.5. The largest absolute Gasteiger partial charge is 0.382 e. The molecule has 0 fully saturated rings. The van der Waals surface area contributed by atoms with Crippen LogP contribution in [0, 0.1) is 6.92 Å². The monoisotopic (exact) mass is 209 g/mol. The molecule has 0 spiro atoms. The van der Waals surface area contributed by atoms with Crippen LogP contribution in [-0.2, 0) is 9.47 Å². The number of rotatable bonds is 6. The second kappa shape index (κ2) is 6.53. The zero-order valence-electron chi connectivity index (χ0n) is 9.69. The van der Waals surface area contributed by atoms with Crippen LogP contribution < -0.4 is 0 Å². The molecular formula is C12H19NO2. The van der Waals surface area contributed by atoms with E-state index >= 15 is 0 Å². The number of pyridine rings is 1. The fourth-order valence-corrected chi connectivity index (χ4v) is 1.26. The Hall–Kier alpha value is -0.930. The Kier molecular flexibility index (Phi) is 5.29. The Bertz CT molecular complexity index is 271. The molecule has 0 aliphatic heterocycles. The number of aromatic nitrogens is 1. The maximum Gasteiger partial charge on any atom is 0.0700 e. The van der Waals surface area contributed by atoms with Gasteiger partial charge in [0.05, 0.1) is 19.8 Å². The van der Waals surface area contributed by atoms with Crippen molar-refractivity contribution in [1.82, 2.24) is 4.98 Å². The van der Waals surface area contributed by atoms with Crippen molar-refractivity contribution >= 4 is 0 Å². The van der Waals surface area contributed by atoms with E-state index in [2.05, 4.69) is 24.0 Å². The third-order valence-corrected chi connectivity index (χ3v) is 2.24. The van der Waals surface area contributed by atoms with Crippen molar-refractivity contribution in [3.63, 3.8) is 0 Å². The van der Waals surface area contributed by atoms with Gasteiger partial charge in [-0.05, 0) is 18.6 Å². The molecule has 0 saturated carbocycles. The lowest BCUT2D eigenvalue weighted by molar-refractivity contribution is 0.0645. The van der Waals surface area contributed by atoms with Crippen LogP contribution in [0.4, 0.5) is 0 Å². The first kappa shape index (κ1) is 12.1. The van der Waals surface area contributed by atoms with Crippen molar-refractivity contribution in [3.05, 3.63) is 29.6 Å². The zero-order valence-corrected chi connectivity index (χ0v) is 9.69. The molecule has 0 amide bonds. The van der Waals surface area contributed by atoms with E-state index in [0.29, 0.717) is 25.7 Å². The minimum absolute atomic E-state index is 0.336. The second-order valence-corrected chi connectivity index (χ2v) is 3.73. The van der Waals surface area contributed by atoms with Gasteiger partial charge in [-0.3, -0.25) is 4.98 Å². The highest BCUT2D eigenvalue weighted by Gasteiger charge is 2.06. The number of aryl methyl sites for hydroxylation is 1. The van der Waals surface area contributed by atoms with Crippen LogP contribution in [-0.4, -0.2) is 31.9 Å². The average molecular weight is 209 g/mol. The Morgan fingerprint density at radius 2 is 2.13 bits per heavy atom. The van der Waals surface area contributed by atoms with E-state index < -0.39 is 0 Å². The van der Waals surface area contributed by atoms with Crippen LogP contribution in [0.3, 0.4) is 0 Å². The van der Waals surface area contributed by atoms with Crippen molar-refractivity contribution in [2.24, 2.45) is 0 Å². The SMILES string of the molecule is COCCOCC(C)c1ccc(C)cn1. The molecule has 0 aliphatic carbocycles. The van der Waals surface area contributed by atoms with Gasteiger partial charge in [-0.1, -0.05) is 13.0 Å². The minimum Gasteiger partial charge on any atom is -0.382 e. The van der Waals surface area contributed by atoms with Gasteiger partial charge in [0.15, 0.2) is 0 Å². The molecule has 1 heterocycles. The molecule has 0 radical (unpaired) electrons. The predicted molar refractivity (Wildman–Crippen MR) is 60.1 cm³/mol. The Balaban J connectivity index is 2.33. The van der Waals surface area contributed by atoms with Gasteiger partial charge in [-0.25, -0.2) is 0 Å². The lowest BCUT2D eigenvalue weighted by atomic mass is 10.1. The summed E-state index contributed by atoms with van der Waals surface area (Å²) in [5.41, 5.74) is 2.27. The van der Waals surface area contributed by atoms with Gasteiger partial charge < -0.3 is 9.47 Å². The van der Waals surface area contributed by atoms with Crippen LogP contribution >= 0.6 is 0 Å². The zero-order chi connectivity index (χ0) is 11.1. The summed E-state index contributed by atoms with van der Waals surface area (Å²) < 4.78 is 10.4. The molecule has 0 saturated heterocycles. The van der Waals surface area contributed by atoms with E-state index in [0.717, 1.165) is 5.69 Å². The van der Waals surface area contributed by atoms with Crippen molar-refractivity contribution in [1.29, 1.82) is 0 Å². The normalized spacial score (nSPS) is 12.7. The van der Waals surface area contributed by atoms with Gasteiger partial charge in [-0.2, -0.15) is 0 Å². The number of ether oxygens (including phenoxy) is 2. The van der Waals surface area contributed by atoms with Gasteiger partial charge in [0.1, 0.15) is 0 Å². The van der Waals surface area contributed by atoms with Crippen molar-refractivity contribution < 1.29 is 9.47 Å². The van der Waals surface area contributed by atoms with E-state index in [9.17, 15) is 0 Å². The third-order valence-electron chi connectivity index (χ3n) is 2.24. The minimum atomic E-state index is 0.336. The van der Waals surface area contributed by atoms with E-state index in [4.69, 9.17) is 9.47 Å². The van der Waals surface area contributed by atoms with E-state index in [1.807, 2.05) is 13.1 Å². The lowest BCUT2D eigenvalue weighted by Crippen LogP contribution is -2.09. The highest BCUT2D eigenvalue weighted by Crippen LogP contribution is 2.12. The van der Waals surface area contributed by atoms with Gasteiger partial charge >= 0.3 is 0 Å². The molecule has 1 aromatic heterocycles. The summed E-state index contributed by atoms with van der Waals surface area (Å²) in [6.07, 6.45) is 1.89. The number of hydrogen-bond donors (Lipinski definition) is 0. The summed E-state index contributed by atoms with van der Waals surface area (Å²) in [4.78, 5) is 4.37. The van der Waals surface area contributed by atoms with Crippen LogP contribution in [0.5, 0.6) is 0 Å². The Morgan fingerprint density at radius 3 is 2.73 bits per heavy atom. The van der Waals surface area contributed by atoms with Gasteiger partial charge in [0, 0.05) is 24.9 Å². The first-order valence-corrected chi connectivity index (χ1v) is 5.23. The predicted octanol–water partition coefficient (Wildman–Crippen LogP) is 2.16. The van der Waals surface area contributed by atoms with E-state index in [-0.39, 0.29) is 0 Å². The summed E-state index contributed by atoms with van der Waals surface area (Å²) >= 11 is 0. The Labute approximate surface area is 91.4 Å². The molecule has 15 heavy (non-hydrogen) atoms. The van der Waals surface area contributed by atoms with Crippen LogP contribution in [0.2, 0.25) is 0 Å². The molecule has 84 valence electrons. The van der Waals surface area contributed by atoms with Crippen molar-refractivity contribution in [3.8, 4) is 0 Å². The van der Waals surface area contributed by atoms with E-state index in [1.54, 1.807) is 7.11 Å². The topological polar surface area (TPSA) is 31.4 Å². The van der Waals surface area contributed by atoms with Gasteiger partial charge in [-0.15, -0.1) is 0 Å². The lowest BCUT2D eigenvalue weighted by Gasteiger charge is -2.11. The summed E-state index contributed by atoms with van der Waals surface area (Å²) in [5.74, 6) is 0.336. The molecule has 0 bridgehead atoms.